The minimum atomic E-state index is -3.78. The number of carbonyl (C=O) groups is 1. The zero-order chi connectivity index (χ0) is 22.7. The molecule has 162 valence electrons. The highest BCUT2D eigenvalue weighted by Crippen LogP contribution is 2.16. The van der Waals surface area contributed by atoms with Crippen molar-refractivity contribution in [2.75, 3.05) is 13.1 Å². The van der Waals surface area contributed by atoms with Crippen LogP contribution in [0.2, 0.25) is 0 Å². The Bertz CT molecular complexity index is 1090. The predicted molar refractivity (Wildman–Crippen MR) is 121 cm³/mol. The van der Waals surface area contributed by atoms with Gasteiger partial charge in [0.05, 0.1) is 18.0 Å². The summed E-state index contributed by atoms with van der Waals surface area (Å²) in [7, 11) is -3.78. The van der Waals surface area contributed by atoms with Crippen LogP contribution >= 0.6 is 0 Å². The molecule has 0 fully saturated rings. The van der Waals surface area contributed by atoms with Crippen molar-refractivity contribution in [3.63, 3.8) is 0 Å². The fraction of sp³-hybridized carbons (Fsp3) is 0.320. The number of esters is 1. The molecular weight excluding hydrogens is 410 g/mol. The summed E-state index contributed by atoms with van der Waals surface area (Å²) in [6.07, 6.45) is 0.827. The molecule has 6 heteroatoms. The molecule has 0 spiro atoms. The Morgan fingerprint density at radius 2 is 1.68 bits per heavy atom. The molecule has 1 unspecified atom stereocenters. The van der Waals surface area contributed by atoms with E-state index < -0.39 is 22.1 Å². The van der Waals surface area contributed by atoms with Gasteiger partial charge < -0.3 is 4.74 Å². The predicted octanol–water partition coefficient (Wildman–Crippen LogP) is 3.77. The van der Waals surface area contributed by atoms with Crippen molar-refractivity contribution in [1.29, 1.82) is 0 Å². The van der Waals surface area contributed by atoms with Gasteiger partial charge in [0.2, 0.25) is 10.0 Å². The second-order valence-electron chi connectivity index (χ2n) is 6.96. The van der Waals surface area contributed by atoms with E-state index in [4.69, 9.17) is 4.74 Å². The van der Waals surface area contributed by atoms with Crippen LogP contribution in [-0.2, 0) is 19.6 Å². The van der Waals surface area contributed by atoms with Gasteiger partial charge in [-0.1, -0.05) is 72.9 Å². The van der Waals surface area contributed by atoms with Gasteiger partial charge >= 0.3 is 5.97 Å². The summed E-state index contributed by atoms with van der Waals surface area (Å²) in [5, 5.41) is 0. The zero-order valence-electron chi connectivity index (χ0n) is 18.1. The van der Waals surface area contributed by atoms with E-state index >= 15 is 0 Å². The van der Waals surface area contributed by atoms with E-state index in [1.54, 1.807) is 24.3 Å². The van der Waals surface area contributed by atoms with Crippen molar-refractivity contribution in [2.45, 2.75) is 44.6 Å². The molecule has 5 nitrogen and oxygen atoms in total. The lowest BCUT2D eigenvalue weighted by Crippen LogP contribution is -2.32. The smallest absolute Gasteiger partial charge is 0.303 e. The van der Waals surface area contributed by atoms with Crippen molar-refractivity contribution in [1.82, 2.24) is 4.31 Å². The van der Waals surface area contributed by atoms with Crippen LogP contribution in [0.5, 0.6) is 0 Å². The van der Waals surface area contributed by atoms with E-state index in [1.807, 2.05) is 44.2 Å². The molecule has 1 atom stereocenters. The maximum absolute atomic E-state index is 13.2. The molecule has 2 aromatic rings. The lowest BCUT2D eigenvalue weighted by Gasteiger charge is -2.17. The van der Waals surface area contributed by atoms with Crippen molar-refractivity contribution < 1.29 is 17.9 Å². The molecule has 0 saturated heterocycles. The van der Waals surface area contributed by atoms with Crippen LogP contribution in [0.25, 0.3) is 0 Å². The summed E-state index contributed by atoms with van der Waals surface area (Å²) in [6, 6.07) is 16.0. The van der Waals surface area contributed by atoms with Crippen LogP contribution in [0.15, 0.2) is 59.5 Å². The Hall–Kier alpha value is -3.06. The summed E-state index contributed by atoms with van der Waals surface area (Å²) in [5.74, 6) is 11.2. The summed E-state index contributed by atoms with van der Waals surface area (Å²) < 4.78 is 32.8. The first kappa shape index (κ1) is 24.2. The molecule has 0 amide bonds. The Balaban J connectivity index is 2.27. The highest BCUT2D eigenvalue weighted by molar-refractivity contribution is 7.89. The van der Waals surface area contributed by atoms with E-state index in [0.29, 0.717) is 6.42 Å². The number of sulfonamides is 1. The maximum Gasteiger partial charge on any atom is 0.303 e. The van der Waals surface area contributed by atoms with E-state index in [-0.39, 0.29) is 18.0 Å². The van der Waals surface area contributed by atoms with Gasteiger partial charge in [-0.15, -0.1) is 0 Å². The number of benzene rings is 2. The van der Waals surface area contributed by atoms with Crippen LogP contribution in [0.3, 0.4) is 0 Å². The molecule has 0 aliphatic rings. The third-order valence-corrected chi connectivity index (χ3v) is 6.10. The fourth-order valence-corrected chi connectivity index (χ4v) is 3.95. The van der Waals surface area contributed by atoms with Crippen molar-refractivity contribution >= 4 is 16.0 Å². The van der Waals surface area contributed by atoms with Gasteiger partial charge in [0.1, 0.15) is 0 Å². The number of aryl methyl sites for hydroxylation is 1. The Morgan fingerprint density at radius 3 is 2.29 bits per heavy atom. The van der Waals surface area contributed by atoms with Crippen LogP contribution < -0.4 is 0 Å². The third-order valence-electron chi connectivity index (χ3n) is 4.30. The SMILES string of the molecule is CCCC(C#CCN(CC#Cc1ccccc1)S(=O)(=O)c1ccc(C)cc1)OC(C)=O. The van der Waals surface area contributed by atoms with E-state index in [9.17, 15) is 13.2 Å². The summed E-state index contributed by atoms with van der Waals surface area (Å²) in [4.78, 5) is 11.4. The van der Waals surface area contributed by atoms with Crippen molar-refractivity contribution in [3.8, 4) is 23.7 Å². The first-order valence-corrected chi connectivity index (χ1v) is 11.5. The number of hydrogen-bond donors (Lipinski definition) is 0. The van der Waals surface area contributed by atoms with Gasteiger partial charge in [-0.3, -0.25) is 4.79 Å². The van der Waals surface area contributed by atoms with Crippen molar-refractivity contribution in [3.05, 3.63) is 65.7 Å². The molecule has 0 saturated carbocycles. The highest BCUT2D eigenvalue weighted by Gasteiger charge is 2.23. The molecule has 2 aromatic carbocycles. The minimum absolute atomic E-state index is 0.00814. The summed E-state index contributed by atoms with van der Waals surface area (Å²) in [5.41, 5.74) is 1.78. The molecule has 31 heavy (non-hydrogen) atoms. The molecule has 0 aliphatic heterocycles. The second kappa shape index (κ2) is 12.0. The van der Waals surface area contributed by atoms with Gasteiger partial charge in [0, 0.05) is 12.5 Å². The Labute approximate surface area is 185 Å². The lowest BCUT2D eigenvalue weighted by atomic mass is 10.2. The van der Waals surface area contributed by atoms with Gasteiger partial charge in [-0.25, -0.2) is 8.42 Å². The van der Waals surface area contributed by atoms with E-state index in [2.05, 4.69) is 23.7 Å². The third kappa shape index (κ3) is 7.94. The molecule has 0 aromatic heterocycles. The molecule has 0 bridgehead atoms. The highest BCUT2D eigenvalue weighted by atomic mass is 32.2. The van der Waals surface area contributed by atoms with Crippen molar-refractivity contribution in [2.24, 2.45) is 0 Å². The number of carbonyl (C=O) groups excluding carboxylic acids is 1. The molecule has 0 radical (unpaired) electrons. The fourth-order valence-electron chi connectivity index (χ4n) is 2.71. The average Bonchev–Trinajstić information content (AvgIpc) is 2.73. The van der Waals surface area contributed by atoms with E-state index in [1.165, 1.54) is 11.2 Å². The van der Waals surface area contributed by atoms with Crippen LogP contribution in [0.4, 0.5) is 0 Å². The molecular formula is C25H27NO4S. The Morgan fingerprint density at radius 1 is 1.03 bits per heavy atom. The minimum Gasteiger partial charge on any atom is -0.449 e. The Kier molecular flexibility index (Phi) is 9.34. The zero-order valence-corrected chi connectivity index (χ0v) is 18.9. The topological polar surface area (TPSA) is 63.7 Å². The largest absolute Gasteiger partial charge is 0.449 e. The molecule has 0 aliphatic carbocycles. The quantitative estimate of drug-likeness (QED) is 0.489. The molecule has 0 heterocycles. The van der Waals surface area contributed by atoms with Gasteiger partial charge in [-0.2, -0.15) is 4.31 Å². The summed E-state index contributed by atoms with van der Waals surface area (Å²) in [6.45, 7) is 5.13. The summed E-state index contributed by atoms with van der Waals surface area (Å²) >= 11 is 0. The monoisotopic (exact) mass is 437 g/mol. The normalized spacial score (nSPS) is 11.6. The first-order valence-electron chi connectivity index (χ1n) is 10.1. The van der Waals surface area contributed by atoms with Crippen LogP contribution in [0.1, 0.15) is 37.8 Å². The number of nitrogens with zero attached hydrogens (tertiary/aromatic N) is 1. The molecule has 2 rings (SSSR count). The molecule has 0 N–H and O–H groups in total. The van der Waals surface area contributed by atoms with Gasteiger partial charge in [0.15, 0.2) is 6.10 Å². The number of ether oxygens (including phenoxy) is 1. The number of rotatable bonds is 7. The second-order valence-corrected chi connectivity index (χ2v) is 8.90. The van der Waals surface area contributed by atoms with Gasteiger partial charge in [0.25, 0.3) is 0 Å². The average molecular weight is 438 g/mol. The lowest BCUT2D eigenvalue weighted by molar-refractivity contribution is -0.143. The van der Waals surface area contributed by atoms with Crippen LogP contribution in [-0.4, -0.2) is 37.9 Å². The van der Waals surface area contributed by atoms with E-state index in [0.717, 1.165) is 17.5 Å². The standard InChI is InChI=1S/C25H27NO4S/c1-4-10-24(30-22(3)27)14-9-20-26(19-8-13-23-11-6-5-7-12-23)31(28,29)25-17-15-21(2)16-18-25/h5-7,11-12,15-18,24H,4,10,19-20H2,1-3H3. The first-order chi connectivity index (χ1) is 14.8. The van der Waals surface area contributed by atoms with Gasteiger partial charge in [-0.05, 0) is 37.6 Å². The van der Waals surface area contributed by atoms with Crippen LogP contribution in [0, 0.1) is 30.6 Å². The number of hydrogen-bond acceptors (Lipinski definition) is 4. The maximum atomic E-state index is 13.2.